The molecule has 0 aliphatic heterocycles. The van der Waals surface area contributed by atoms with Gasteiger partial charge in [-0.05, 0) is 66.3 Å². The van der Waals surface area contributed by atoms with Crippen molar-refractivity contribution >= 4 is 5.97 Å². The molecule has 0 aromatic heterocycles. The predicted molar refractivity (Wildman–Crippen MR) is 150 cm³/mol. The molecule has 0 unspecified atom stereocenters. The number of aryl methyl sites for hydroxylation is 2. The zero-order valence-electron chi connectivity index (χ0n) is 22.0. The van der Waals surface area contributed by atoms with Crippen molar-refractivity contribution in [1.82, 2.24) is 4.90 Å². The van der Waals surface area contributed by atoms with Crippen LogP contribution in [0, 0.1) is 13.8 Å². The molecule has 0 saturated carbocycles. The van der Waals surface area contributed by atoms with E-state index in [9.17, 15) is 9.90 Å². The fourth-order valence-corrected chi connectivity index (χ4v) is 5.19. The average Bonchev–Trinajstić information content (AvgIpc) is 2.91. The minimum atomic E-state index is -0.826. The number of rotatable bonds is 10. The first kappa shape index (κ1) is 26.2. The molecule has 0 radical (unpaired) electrons. The van der Waals surface area contributed by atoms with Crippen LogP contribution in [0.2, 0.25) is 0 Å². The molecule has 0 aliphatic carbocycles. The Balaban J connectivity index is 1.87. The Labute approximate surface area is 220 Å². The lowest BCUT2D eigenvalue weighted by Gasteiger charge is -2.37. The van der Waals surface area contributed by atoms with Gasteiger partial charge < -0.3 is 9.84 Å². The van der Waals surface area contributed by atoms with Gasteiger partial charge in [0.1, 0.15) is 5.75 Å². The molecule has 4 rings (SSSR count). The summed E-state index contributed by atoms with van der Waals surface area (Å²) in [6.07, 6.45) is -0.0114. The standard InChI is InChI=1S/C33H35NO3/c1-23-12-11-13-24(2)33(23)29-20-28(18-19-31(29)37-4)30(21-32(35)36)34(22-26-14-7-5-8-15-26)25(3)27-16-9-6-10-17-27/h5-20,25,30H,21-22H2,1-4H3,(H,35,36)/t25-,30+/m1/s1. The van der Waals surface area contributed by atoms with Gasteiger partial charge in [-0.15, -0.1) is 0 Å². The molecule has 4 heteroatoms. The van der Waals surface area contributed by atoms with E-state index < -0.39 is 5.97 Å². The van der Waals surface area contributed by atoms with Gasteiger partial charge in [-0.2, -0.15) is 0 Å². The lowest BCUT2D eigenvalue weighted by Crippen LogP contribution is -2.32. The molecule has 37 heavy (non-hydrogen) atoms. The molecule has 4 aromatic rings. The third-order valence-electron chi connectivity index (χ3n) is 7.11. The van der Waals surface area contributed by atoms with Crippen LogP contribution in [0.4, 0.5) is 0 Å². The number of ether oxygens (including phenoxy) is 1. The second-order valence-corrected chi connectivity index (χ2v) is 9.58. The zero-order chi connectivity index (χ0) is 26.4. The number of carbonyl (C=O) groups is 1. The fraction of sp³-hybridized carbons (Fsp3) is 0.242. The van der Waals surface area contributed by atoms with Gasteiger partial charge in [-0.25, -0.2) is 0 Å². The fourth-order valence-electron chi connectivity index (χ4n) is 5.19. The molecule has 1 N–H and O–H groups in total. The Bertz CT molecular complexity index is 1310. The van der Waals surface area contributed by atoms with E-state index in [0.29, 0.717) is 6.54 Å². The summed E-state index contributed by atoms with van der Waals surface area (Å²) >= 11 is 0. The van der Waals surface area contributed by atoms with Gasteiger partial charge in [0.05, 0.1) is 13.5 Å². The first-order valence-electron chi connectivity index (χ1n) is 12.7. The predicted octanol–water partition coefficient (Wildman–Crippen LogP) is 7.76. The van der Waals surface area contributed by atoms with Crippen molar-refractivity contribution < 1.29 is 14.6 Å². The zero-order valence-corrected chi connectivity index (χ0v) is 22.0. The first-order valence-corrected chi connectivity index (χ1v) is 12.7. The van der Waals surface area contributed by atoms with Gasteiger partial charge >= 0.3 is 5.97 Å². The highest BCUT2D eigenvalue weighted by atomic mass is 16.5. The number of hydrogen-bond acceptors (Lipinski definition) is 3. The summed E-state index contributed by atoms with van der Waals surface area (Å²) in [5.41, 5.74) is 7.67. The van der Waals surface area contributed by atoms with Crippen molar-refractivity contribution in [3.8, 4) is 16.9 Å². The monoisotopic (exact) mass is 493 g/mol. The summed E-state index contributed by atoms with van der Waals surface area (Å²) in [6, 6.07) is 32.6. The maximum Gasteiger partial charge on any atom is 0.305 e. The topological polar surface area (TPSA) is 49.8 Å². The third-order valence-corrected chi connectivity index (χ3v) is 7.11. The molecule has 0 aliphatic rings. The lowest BCUT2D eigenvalue weighted by atomic mass is 9.90. The summed E-state index contributed by atoms with van der Waals surface area (Å²) in [5, 5.41) is 10.0. The molecule has 2 atom stereocenters. The van der Waals surface area contributed by atoms with Crippen molar-refractivity contribution in [1.29, 1.82) is 0 Å². The molecule has 0 fully saturated rings. The van der Waals surface area contributed by atoms with Crippen molar-refractivity contribution in [2.45, 2.75) is 45.8 Å². The number of aliphatic carboxylic acids is 1. The smallest absolute Gasteiger partial charge is 0.305 e. The van der Waals surface area contributed by atoms with Gasteiger partial charge in [-0.3, -0.25) is 9.69 Å². The molecular weight excluding hydrogens is 458 g/mol. The SMILES string of the molecule is COc1ccc([C@H](CC(=O)O)N(Cc2ccccc2)[C@H](C)c2ccccc2)cc1-c1c(C)cccc1C. The number of carboxylic acid groups (broad SMARTS) is 1. The van der Waals surface area contributed by atoms with Crippen molar-refractivity contribution in [3.63, 3.8) is 0 Å². The van der Waals surface area contributed by atoms with E-state index >= 15 is 0 Å². The van der Waals surface area contributed by atoms with E-state index in [1.807, 2.05) is 48.5 Å². The van der Waals surface area contributed by atoms with Crippen molar-refractivity contribution in [3.05, 3.63) is 125 Å². The Morgan fingerprint density at radius 1 is 0.838 bits per heavy atom. The van der Waals surface area contributed by atoms with Crippen LogP contribution in [0.15, 0.2) is 97.1 Å². The first-order chi connectivity index (χ1) is 17.9. The summed E-state index contributed by atoms with van der Waals surface area (Å²) < 4.78 is 5.77. The highest BCUT2D eigenvalue weighted by Gasteiger charge is 2.29. The number of methoxy groups -OCH3 is 1. The average molecular weight is 494 g/mol. The van der Waals surface area contributed by atoms with E-state index in [4.69, 9.17) is 4.74 Å². The highest BCUT2D eigenvalue weighted by molar-refractivity contribution is 5.77. The number of benzene rings is 4. The van der Waals surface area contributed by atoms with Gasteiger partial charge in [0.15, 0.2) is 0 Å². The quantitative estimate of drug-likeness (QED) is 0.245. The van der Waals surface area contributed by atoms with E-state index in [2.05, 4.69) is 74.2 Å². The molecule has 0 saturated heterocycles. The maximum atomic E-state index is 12.2. The Morgan fingerprint density at radius 2 is 1.46 bits per heavy atom. The molecule has 4 nitrogen and oxygen atoms in total. The minimum absolute atomic E-state index is 0.00324. The van der Waals surface area contributed by atoms with Crippen LogP contribution in [-0.2, 0) is 11.3 Å². The van der Waals surface area contributed by atoms with Crippen molar-refractivity contribution in [2.75, 3.05) is 7.11 Å². The van der Waals surface area contributed by atoms with Crippen molar-refractivity contribution in [2.24, 2.45) is 0 Å². The molecule has 0 bridgehead atoms. The number of carboxylic acids is 1. The summed E-state index contributed by atoms with van der Waals surface area (Å²) in [5.74, 6) is -0.0475. The van der Waals surface area contributed by atoms with Crippen LogP contribution in [0.5, 0.6) is 5.75 Å². The highest BCUT2D eigenvalue weighted by Crippen LogP contribution is 2.40. The van der Waals surface area contributed by atoms with E-state index in [-0.39, 0.29) is 18.5 Å². The Morgan fingerprint density at radius 3 is 2.05 bits per heavy atom. The lowest BCUT2D eigenvalue weighted by molar-refractivity contribution is -0.138. The van der Waals surface area contributed by atoms with Crippen LogP contribution in [0.25, 0.3) is 11.1 Å². The number of nitrogens with zero attached hydrogens (tertiary/aromatic N) is 1. The Kier molecular flexibility index (Phi) is 8.42. The maximum absolute atomic E-state index is 12.2. The molecular formula is C33H35NO3. The van der Waals surface area contributed by atoms with Crippen LogP contribution in [-0.4, -0.2) is 23.1 Å². The summed E-state index contributed by atoms with van der Waals surface area (Å²) in [7, 11) is 1.68. The van der Waals surface area contributed by atoms with E-state index in [1.165, 1.54) is 0 Å². The summed E-state index contributed by atoms with van der Waals surface area (Å²) in [4.78, 5) is 14.5. The second-order valence-electron chi connectivity index (χ2n) is 9.58. The van der Waals surface area contributed by atoms with Crippen LogP contribution >= 0.6 is 0 Å². The van der Waals surface area contributed by atoms with Gasteiger partial charge in [0.2, 0.25) is 0 Å². The van der Waals surface area contributed by atoms with Crippen LogP contribution in [0.1, 0.15) is 53.2 Å². The van der Waals surface area contributed by atoms with Crippen LogP contribution < -0.4 is 4.74 Å². The van der Waals surface area contributed by atoms with Crippen LogP contribution in [0.3, 0.4) is 0 Å². The number of hydrogen-bond donors (Lipinski definition) is 1. The Hall–Kier alpha value is -3.89. The van der Waals surface area contributed by atoms with E-state index in [0.717, 1.165) is 44.7 Å². The molecule has 0 heterocycles. The minimum Gasteiger partial charge on any atom is -0.496 e. The second kappa shape index (κ2) is 11.9. The molecule has 190 valence electrons. The third kappa shape index (κ3) is 6.10. The largest absolute Gasteiger partial charge is 0.496 e. The molecule has 4 aromatic carbocycles. The molecule has 0 amide bonds. The van der Waals surface area contributed by atoms with E-state index in [1.54, 1.807) is 7.11 Å². The van der Waals surface area contributed by atoms with Gasteiger partial charge in [0.25, 0.3) is 0 Å². The van der Waals surface area contributed by atoms with Gasteiger partial charge in [-0.1, -0.05) is 84.9 Å². The summed E-state index contributed by atoms with van der Waals surface area (Å²) in [6.45, 7) is 6.98. The molecule has 0 spiro atoms. The van der Waals surface area contributed by atoms with Gasteiger partial charge in [0, 0.05) is 24.2 Å². The normalized spacial score (nSPS) is 12.8.